The average molecular weight is 735 g/mol. The molecular formula is C42H71O8P. The lowest BCUT2D eigenvalue weighted by molar-refractivity contribution is -0.161. The Kier molecular flexibility index (Phi) is 35.4. The van der Waals surface area contributed by atoms with Crippen LogP contribution in [-0.4, -0.2) is 43.3 Å². The number of allylic oxidation sites excluding steroid dienone is 12. The highest BCUT2D eigenvalue weighted by Gasteiger charge is 2.24. The fourth-order valence-electron chi connectivity index (χ4n) is 4.91. The van der Waals surface area contributed by atoms with Gasteiger partial charge in [-0.1, -0.05) is 132 Å². The second-order valence-electron chi connectivity index (χ2n) is 12.7. The second-order valence-corrected chi connectivity index (χ2v) is 14.2. The molecule has 0 aromatic rings. The molecule has 51 heavy (non-hydrogen) atoms. The van der Waals surface area contributed by atoms with E-state index in [1.165, 1.54) is 44.9 Å². The van der Waals surface area contributed by atoms with Crippen molar-refractivity contribution in [3.05, 3.63) is 72.9 Å². The van der Waals surface area contributed by atoms with Gasteiger partial charge in [0.25, 0.3) is 0 Å². The minimum absolute atomic E-state index is 0.187. The number of unbranched alkanes of at least 4 members (excludes halogenated alkanes) is 12. The summed E-state index contributed by atoms with van der Waals surface area (Å²) in [7, 11) is -3.23. The van der Waals surface area contributed by atoms with Crippen LogP contribution in [-0.2, 0) is 32.7 Å². The quantitative estimate of drug-likeness (QED) is 0.0297. The summed E-state index contributed by atoms with van der Waals surface area (Å²) in [5, 5.41) is 0. The van der Waals surface area contributed by atoms with E-state index in [1.807, 2.05) is 0 Å². The topological polar surface area (TPSA) is 108 Å². The molecule has 0 aromatic carbocycles. The van der Waals surface area contributed by atoms with Gasteiger partial charge in [-0.3, -0.25) is 18.6 Å². The molecule has 0 rings (SSSR count). The third-order valence-electron chi connectivity index (χ3n) is 7.93. The molecule has 0 fully saturated rings. The van der Waals surface area contributed by atoms with Crippen LogP contribution < -0.4 is 0 Å². The van der Waals surface area contributed by atoms with E-state index in [0.717, 1.165) is 84.2 Å². The number of esters is 2. The van der Waals surface area contributed by atoms with Crippen LogP contribution in [0.15, 0.2) is 72.9 Å². The maximum absolute atomic E-state index is 12.4. The minimum Gasteiger partial charge on any atom is -0.462 e. The van der Waals surface area contributed by atoms with Crippen molar-refractivity contribution in [2.45, 2.75) is 161 Å². The Bertz CT molecular complexity index is 1060. The summed E-state index contributed by atoms with van der Waals surface area (Å²) in [6.07, 6.45) is 46.7. The van der Waals surface area contributed by atoms with Gasteiger partial charge in [0.15, 0.2) is 6.10 Å². The third kappa shape index (κ3) is 37.1. The summed E-state index contributed by atoms with van der Waals surface area (Å²) in [6.45, 7) is 3.69. The van der Waals surface area contributed by atoms with Crippen LogP contribution in [0.4, 0.5) is 0 Å². The van der Waals surface area contributed by atoms with Gasteiger partial charge in [-0.05, 0) is 83.5 Å². The fraction of sp³-hybridized carbons (Fsp3) is 0.667. The van der Waals surface area contributed by atoms with E-state index in [-0.39, 0.29) is 19.4 Å². The SMILES string of the molecule is CC/C=C\C/C=C\C/C=C\C/C=C\CCCCC(=O)OC(COC(=O)CCCCCCCCC/C=C\C/C=C\CCCCC)COP(=O)(O)OC. The van der Waals surface area contributed by atoms with Crippen LogP contribution >= 0.6 is 7.82 Å². The van der Waals surface area contributed by atoms with E-state index >= 15 is 0 Å². The molecule has 1 N–H and O–H groups in total. The first-order valence-electron chi connectivity index (χ1n) is 19.6. The van der Waals surface area contributed by atoms with Crippen molar-refractivity contribution in [1.82, 2.24) is 0 Å². The predicted molar refractivity (Wildman–Crippen MR) is 211 cm³/mol. The third-order valence-corrected chi connectivity index (χ3v) is 8.87. The van der Waals surface area contributed by atoms with Crippen molar-refractivity contribution < 1.29 is 37.6 Å². The van der Waals surface area contributed by atoms with Crippen molar-refractivity contribution in [3.63, 3.8) is 0 Å². The van der Waals surface area contributed by atoms with Gasteiger partial charge >= 0.3 is 19.8 Å². The summed E-state index contributed by atoms with van der Waals surface area (Å²) < 4.78 is 31.9. The smallest absolute Gasteiger partial charge is 0.462 e. The van der Waals surface area contributed by atoms with Gasteiger partial charge < -0.3 is 14.4 Å². The van der Waals surface area contributed by atoms with Gasteiger partial charge in [0.1, 0.15) is 6.61 Å². The first kappa shape index (κ1) is 48.5. The largest absolute Gasteiger partial charge is 0.472 e. The molecule has 0 bridgehead atoms. The molecule has 2 unspecified atom stereocenters. The molecule has 0 aliphatic carbocycles. The van der Waals surface area contributed by atoms with Gasteiger partial charge in [0.05, 0.1) is 6.61 Å². The average Bonchev–Trinajstić information content (AvgIpc) is 3.12. The molecule has 0 amide bonds. The number of carbonyl (C=O) groups excluding carboxylic acids is 2. The zero-order valence-electron chi connectivity index (χ0n) is 32.2. The Morgan fingerprint density at radius 1 is 0.569 bits per heavy atom. The van der Waals surface area contributed by atoms with Gasteiger partial charge in [-0.25, -0.2) is 4.57 Å². The molecule has 0 spiro atoms. The molecule has 0 aliphatic heterocycles. The first-order chi connectivity index (χ1) is 24.8. The van der Waals surface area contributed by atoms with Crippen LogP contribution in [0.1, 0.15) is 155 Å². The van der Waals surface area contributed by atoms with Crippen molar-refractivity contribution in [2.24, 2.45) is 0 Å². The molecule has 0 saturated carbocycles. The first-order valence-corrected chi connectivity index (χ1v) is 21.1. The number of phosphoric acid groups is 1. The van der Waals surface area contributed by atoms with E-state index in [4.69, 9.17) is 14.0 Å². The lowest BCUT2D eigenvalue weighted by Gasteiger charge is -2.19. The highest BCUT2D eigenvalue weighted by atomic mass is 31.2. The summed E-state index contributed by atoms with van der Waals surface area (Å²) in [5.41, 5.74) is 0. The number of carbonyl (C=O) groups is 2. The zero-order chi connectivity index (χ0) is 37.5. The maximum atomic E-state index is 12.4. The van der Waals surface area contributed by atoms with Gasteiger partial charge in [0, 0.05) is 20.0 Å². The summed E-state index contributed by atoms with van der Waals surface area (Å²) in [6, 6.07) is 0. The second kappa shape index (κ2) is 37.3. The standard InChI is InChI=1S/C42H71O8P/c1-4-6-8-10-12-14-16-18-20-21-23-24-26-28-30-32-34-36-41(43)48-38-40(39-49-51(45,46)47-3)50-42(44)37-35-33-31-29-27-25-22-19-17-15-13-11-9-7-5-2/h7,9,12-15,18-20,22,27,29,40H,4-6,8,10-11,16-17,21,23-26,28,30-39H2,1-3H3,(H,45,46)/b9-7-,14-12-,15-13-,20-18-,22-19-,29-27-. The molecular weight excluding hydrogens is 663 g/mol. The molecule has 0 saturated heterocycles. The lowest BCUT2D eigenvalue weighted by Crippen LogP contribution is -2.29. The Hall–Kier alpha value is -2.51. The number of phosphoric ester groups is 1. The van der Waals surface area contributed by atoms with Crippen molar-refractivity contribution >= 4 is 19.8 Å². The van der Waals surface area contributed by atoms with E-state index in [0.29, 0.717) is 6.42 Å². The van der Waals surface area contributed by atoms with E-state index in [1.54, 1.807) is 0 Å². The van der Waals surface area contributed by atoms with Crippen LogP contribution in [0.25, 0.3) is 0 Å². The summed E-state index contributed by atoms with van der Waals surface area (Å²) in [5.74, 6) is -0.869. The Labute approximate surface area is 311 Å². The van der Waals surface area contributed by atoms with E-state index in [9.17, 15) is 19.0 Å². The summed E-state index contributed by atoms with van der Waals surface area (Å²) >= 11 is 0. The van der Waals surface area contributed by atoms with Crippen LogP contribution in [0, 0.1) is 0 Å². The highest BCUT2D eigenvalue weighted by molar-refractivity contribution is 7.47. The van der Waals surface area contributed by atoms with Crippen molar-refractivity contribution in [3.8, 4) is 0 Å². The number of hydrogen-bond donors (Lipinski definition) is 1. The molecule has 8 nitrogen and oxygen atoms in total. The van der Waals surface area contributed by atoms with Crippen molar-refractivity contribution in [1.29, 1.82) is 0 Å². The molecule has 292 valence electrons. The Balaban J connectivity index is 4.14. The highest BCUT2D eigenvalue weighted by Crippen LogP contribution is 2.42. The monoisotopic (exact) mass is 734 g/mol. The number of hydrogen-bond acceptors (Lipinski definition) is 7. The summed E-state index contributed by atoms with van der Waals surface area (Å²) in [4.78, 5) is 34.4. The van der Waals surface area contributed by atoms with Gasteiger partial charge in [-0.15, -0.1) is 0 Å². The maximum Gasteiger partial charge on any atom is 0.472 e. The Morgan fingerprint density at radius 3 is 1.53 bits per heavy atom. The van der Waals surface area contributed by atoms with Crippen LogP contribution in [0.5, 0.6) is 0 Å². The molecule has 0 aliphatic rings. The van der Waals surface area contributed by atoms with Crippen LogP contribution in [0.2, 0.25) is 0 Å². The number of rotatable bonds is 35. The fourth-order valence-corrected chi connectivity index (χ4v) is 5.37. The van der Waals surface area contributed by atoms with Crippen LogP contribution in [0.3, 0.4) is 0 Å². The van der Waals surface area contributed by atoms with E-state index in [2.05, 4.69) is 91.3 Å². The Morgan fingerprint density at radius 2 is 1.00 bits per heavy atom. The predicted octanol–water partition coefficient (Wildman–Crippen LogP) is 12.2. The molecule has 0 heterocycles. The van der Waals surface area contributed by atoms with E-state index < -0.39 is 32.5 Å². The van der Waals surface area contributed by atoms with Gasteiger partial charge in [0.2, 0.25) is 0 Å². The normalized spacial score (nSPS) is 14.2. The van der Waals surface area contributed by atoms with Gasteiger partial charge in [-0.2, -0.15) is 0 Å². The lowest BCUT2D eigenvalue weighted by atomic mass is 10.1. The minimum atomic E-state index is -4.28. The molecule has 2 atom stereocenters. The number of ether oxygens (including phenoxy) is 2. The molecule has 0 aromatic heterocycles. The molecule has 0 radical (unpaired) electrons. The van der Waals surface area contributed by atoms with Crippen molar-refractivity contribution in [2.75, 3.05) is 20.3 Å². The zero-order valence-corrected chi connectivity index (χ0v) is 33.1. The molecule has 9 heteroatoms.